The van der Waals surface area contributed by atoms with Gasteiger partial charge in [-0.2, -0.15) is 0 Å². The van der Waals surface area contributed by atoms with Crippen LogP contribution in [-0.2, 0) is 0 Å². The average Bonchev–Trinajstić information content (AvgIpc) is 3.76. The Kier molecular flexibility index (Phi) is 4.45. The molecule has 0 N–H and O–H groups in total. The van der Waals surface area contributed by atoms with Crippen molar-refractivity contribution < 1.29 is 13.3 Å². The van der Waals surface area contributed by atoms with E-state index in [4.69, 9.17) is 13.3 Å². The number of fused-ring (bicyclic) bond motifs is 9. The first-order chi connectivity index (χ1) is 21.3. The Morgan fingerprint density at radius 2 is 0.814 bits per heavy atom. The van der Waals surface area contributed by atoms with E-state index < -0.39 is 0 Å². The lowest BCUT2D eigenvalue weighted by Gasteiger charge is -2.17. The van der Waals surface area contributed by atoms with E-state index >= 15 is 0 Å². The molecule has 0 unspecified atom stereocenters. The average molecular weight is 551 g/mol. The molecule has 200 valence electrons. The molecule has 0 aliphatic rings. The highest BCUT2D eigenvalue weighted by Gasteiger charge is 2.19. The van der Waals surface area contributed by atoms with Crippen LogP contribution in [0.1, 0.15) is 0 Å². The minimum absolute atomic E-state index is 0.868. The molecule has 43 heavy (non-hydrogen) atoms. The number of benzene rings is 7. The Bertz CT molecular complexity index is 2680. The minimum Gasteiger partial charge on any atom is -0.464 e. The maximum absolute atomic E-state index is 6.42. The first kappa shape index (κ1) is 22.8. The zero-order chi connectivity index (χ0) is 28.1. The first-order valence-corrected chi connectivity index (χ1v) is 14.5. The van der Waals surface area contributed by atoms with Crippen LogP contribution < -0.4 is 0 Å². The lowest BCUT2D eigenvalue weighted by Crippen LogP contribution is -1.90. The fourth-order valence-electron chi connectivity index (χ4n) is 7.02. The van der Waals surface area contributed by atoms with Gasteiger partial charge in [-0.15, -0.1) is 0 Å². The fourth-order valence-corrected chi connectivity index (χ4v) is 7.02. The standard InChI is InChI=1S/C40H22O3/c1-3-10-31-29(8-1)39(24-13-15-27-26-7-5-6-12-34(26)42-36(27)20-24)30-9-2-4-11-32(30)40(31)25-14-16-28-33-22-35-23(17-18-41-35)19-38(33)43-37(28)21-25/h1-22H. The van der Waals surface area contributed by atoms with Crippen LogP contribution >= 0.6 is 0 Å². The molecule has 0 saturated heterocycles. The molecule has 0 radical (unpaired) electrons. The van der Waals surface area contributed by atoms with Gasteiger partial charge in [0.2, 0.25) is 0 Å². The molecule has 10 aromatic rings. The molecule has 0 saturated carbocycles. The Morgan fingerprint density at radius 1 is 0.326 bits per heavy atom. The highest BCUT2D eigenvalue weighted by Crippen LogP contribution is 2.45. The van der Waals surface area contributed by atoms with Crippen molar-refractivity contribution in [2.75, 3.05) is 0 Å². The summed E-state index contributed by atoms with van der Waals surface area (Å²) in [7, 11) is 0. The molecule has 3 aromatic heterocycles. The van der Waals surface area contributed by atoms with E-state index in [1.165, 1.54) is 32.7 Å². The number of rotatable bonds is 2. The van der Waals surface area contributed by atoms with Crippen LogP contribution in [0.15, 0.2) is 147 Å². The van der Waals surface area contributed by atoms with E-state index in [0.717, 1.165) is 66.0 Å². The Hall–Kier alpha value is -5.80. The van der Waals surface area contributed by atoms with Gasteiger partial charge in [-0.1, -0.05) is 78.9 Å². The third-order valence-corrected chi connectivity index (χ3v) is 8.93. The van der Waals surface area contributed by atoms with Crippen molar-refractivity contribution in [3.05, 3.63) is 134 Å². The summed E-state index contributed by atoms with van der Waals surface area (Å²) in [6.07, 6.45) is 1.72. The third kappa shape index (κ3) is 3.19. The SMILES string of the molecule is c1ccc2c(c1)oc1cc(-c3c4ccccc4c(-c4ccc5c(c4)oc4cc6ccoc6cc45)c4ccccc34)ccc12. The first-order valence-electron chi connectivity index (χ1n) is 14.5. The summed E-state index contributed by atoms with van der Waals surface area (Å²) in [6.45, 7) is 0. The van der Waals surface area contributed by atoms with Gasteiger partial charge in [-0.25, -0.2) is 0 Å². The molecular formula is C40H22O3. The van der Waals surface area contributed by atoms with Gasteiger partial charge in [0.15, 0.2) is 0 Å². The van der Waals surface area contributed by atoms with Gasteiger partial charge in [0.25, 0.3) is 0 Å². The fraction of sp³-hybridized carbons (Fsp3) is 0. The van der Waals surface area contributed by atoms with E-state index in [0.29, 0.717) is 0 Å². The lowest BCUT2D eigenvalue weighted by molar-refractivity contribution is 0.616. The summed E-state index contributed by atoms with van der Waals surface area (Å²) >= 11 is 0. The van der Waals surface area contributed by atoms with Gasteiger partial charge < -0.3 is 13.3 Å². The van der Waals surface area contributed by atoms with Crippen molar-refractivity contribution in [3.8, 4) is 22.3 Å². The zero-order valence-electron chi connectivity index (χ0n) is 22.9. The summed E-state index contributed by atoms with van der Waals surface area (Å²) in [4.78, 5) is 0. The third-order valence-electron chi connectivity index (χ3n) is 8.93. The van der Waals surface area contributed by atoms with Gasteiger partial charge in [-0.3, -0.25) is 0 Å². The van der Waals surface area contributed by atoms with E-state index in [2.05, 4.69) is 109 Å². The van der Waals surface area contributed by atoms with E-state index in [-0.39, 0.29) is 0 Å². The minimum atomic E-state index is 0.868. The second-order valence-electron chi connectivity index (χ2n) is 11.3. The predicted molar refractivity (Wildman–Crippen MR) is 177 cm³/mol. The van der Waals surface area contributed by atoms with Crippen molar-refractivity contribution in [2.45, 2.75) is 0 Å². The molecule has 0 bridgehead atoms. The highest BCUT2D eigenvalue weighted by molar-refractivity contribution is 6.22. The van der Waals surface area contributed by atoms with Crippen LogP contribution in [0.3, 0.4) is 0 Å². The topological polar surface area (TPSA) is 39.4 Å². The van der Waals surface area contributed by atoms with Gasteiger partial charge in [0, 0.05) is 26.9 Å². The maximum Gasteiger partial charge on any atom is 0.136 e. The quantitative estimate of drug-likeness (QED) is 0.201. The van der Waals surface area contributed by atoms with Crippen molar-refractivity contribution in [2.24, 2.45) is 0 Å². The molecule has 0 aliphatic heterocycles. The maximum atomic E-state index is 6.42. The summed E-state index contributed by atoms with van der Waals surface area (Å²) in [6, 6.07) is 45.0. The summed E-state index contributed by atoms with van der Waals surface area (Å²) in [5.41, 5.74) is 9.10. The van der Waals surface area contributed by atoms with Crippen LogP contribution in [0.2, 0.25) is 0 Å². The Morgan fingerprint density at radius 3 is 1.44 bits per heavy atom. The largest absolute Gasteiger partial charge is 0.464 e. The predicted octanol–water partition coefficient (Wildman–Crippen LogP) is 11.9. The highest BCUT2D eigenvalue weighted by atomic mass is 16.3. The van der Waals surface area contributed by atoms with Crippen LogP contribution in [-0.4, -0.2) is 0 Å². The molecule has 0 spiro atoms. The lowest BCUT2D eigenvalue weighted by atomic mass is 9.85. The Labute approximate surface area is 245 Å². The normalized spacial score (nSPS) is 12.2. The van der Waals surface area contributed by atoms with Crippen molar-refractivity contribution in [1.29, 1.82) is 0 Å². The summed E-state index contributed by atoms with van der Waals surface area (Å²) in [5.74, 6) is 0. The summed E-state index contributed by atoms with van der Waals surface area (Å²) in [5, 5.41) is 10.3. The van der Waals surface area contributed by atoms with Crippen molar-refractivity contribution in [1.82, 2.24) is 0 Å². The van der Waals surface area contributed by atoms with Gasteiger partial charge in [-0.05, 0) is 92.3 Å². The molecule has 3 heteroatoms. The van der Waals surface area contributed by atoms with Crippen LogP contribution in [0.4, 0.5) is 0 Å². The number of hydrogen-bond donors (Lipinski definition) is 0. The van der Waals surface area contributed by atoms with Crippen LogP contribution in [0.5, 0.6) is 0 Å². The van der Waals surface area contributed by atoms with E-state index in [9.17, 15) is 0 Å². The molecule has 0 fully saturated rings. The monoisotopic (exact) mass is 550 g/mol. The van der Waals surface area contributed by atoms with Crippen LogP contribution in [0, 0.1) is 0 Å². The van der Waals surface area contributed by atoms with Gasteiger partial charge in [0.1, 0.15) is 27.9 Å². The number of para-hydroxylation sites is 1. The smallest absolute Gasteiger partial charge is 0.136 e. The van der Waals surface area contributed by atoms with E-state index in [1.54, 1.807) is 6.26 Å². The molecule has 0 amide bonds. The summed E-state index contributed by atoms with van der Waals surface area (Å²) < 4.78 is 18.4. The molecule has 0 aliphatic carbocycles. The molecule has 3 heterocycles. The van der Waals surface area contributed by atoms with Crippen molar-refractivity contribution >= 4 is 76.4 Å². The second-order valence-corrected chi connectivity index (χ2v) is 11.3. The molecule has 3 nitrogen and oxygen atoms in total. The van der Waals surface area contributed by atoms with Gasteiger partial charge in [0.05, 0.1) is 6.26 Å². The van der Waals surface area contributed by atoms with Crippen molar-refractivity contribution in [3.63, 3.8) is 0 Å². The van der Waals surface area contributed by atoms with Gasteiger partial charge >= 0.3 is 0 Å². The number of hydrogen-bond acceptors (Lipinski definition) is 3. The van der Waals surface area contributed by atoms with E-state index in [1.807, 2.05) is 18.2 Å². The molecular weight excluding hydrogens is 528 g/mol. The second kappa shape index (κ2) is 8.37. The molecule has 10 rings (SSSR count). The molecule has 7 aromatic carbocycles. The zero-order valence-corrected chi connectivity index (χ0v) is 22.9. The number of furan rings is 3. The van der Waals surface area contributed by atoms with Crippen LogP contribution in [0.25, 0.3) is 98.6 Å². The molecule has 0 atom stereocenters. The Balaban J connectivity index is 1.25.